The van der Waals surface area contributed by atoms with E-state index >= 15 is 0 Å². The number of aliphatic imine (C=N–C) groups is 1. The van der Waals surface area contributed by atoms with Crippen LogP contribution in [0.4, 0.5) is 5.82 Å². The lowest BCUT2D eigenvalue weighted by atomic mass is 9.91. The molecule has 3 aromatic heterocycles. The highest BCUT2D eigenvalue weighted by atomic mass is 15.3. The van der Waals surface area contributed by atoms with Gasteiger partial charge in [0, 0.05) is 79.3 Å². The van der Waals surface area contributed by atoms with Crippen molar-refractivity contribution < 1.29 is 0 Å². The number of nitrogens with zero attached hydrogens (tertiary/aromatic N) is 6. The molecular weight excluding hydrogens is 376 g/mol. The molecule has 3 fully saturated rings. The van der Waals surface area contributed by atoms with E-state index in [2.05, 4.69) is 38.5 Å². The van der Waals surface area contributed by atoms with E-state index < -0.39 is 0 Å². The summed E-state index contributed by atoms with van der Waals surface area (Å²) in [7, 11) is 1.70. The van der Waals surface area contributed by atoms with Gasteiger partial charge in [-0.3, -0.25) is 4.99 Å². The smallest absolute Gasteiger partial charge is 0.128 e. The number of fused-ring (bicyclic) bond motifs is 3. The number of hydrogen-bond donors (Lipinski definition) is 2. The van der Waals surface area contributed by atoms with Crippen molar-refractivity contribution in [1.29, 1.82) is 5.26 Å². The summed E-state index contributed by atoms with van der Waals surface area (Å²) in [6.45, 7) is 1.98. The lowest BCUT2D eigenvalue weighted by molar-refractivity contribution is 0.225. The second-order valence-electron chi connectivity index (χ2n) is 7.72. The number of aromatic nitrogens is 3. The van der Waals surface area contributed by atoms with E-state index in [1.165, 1.54) is 12.6 Å². The molecule has 0 saturated carbocycles. The van der Waals surface area contributed by atoms with Gasteiger partial charge in [0.1, 0.15) is 11.9 Å². The summed E-state index contributed by atoms with van der Waals surface area (Å²) in [6.07, 6.45) is 9.79. The van der Waals surface area contributed by atoms with Crippen LogP contribution in [0.3, 0.4) is 0 Å². The topological polar surface area (TPSA) is 108 Å². The van der Waals surface area contributed by atoms with Crippen LogP contribution >= 0.6 is 0 Å². The molecule has 2 atom stereocenters. The Hall–Kier alpha value is -3.70. The molecule has 150 valence electrons. The minimum atomic E-state index is 0.519. The van der Waals surface area contributed by atoms with Crippen molar-refractivity contribution in [1.82, 2.24) is 19.9 Å². The van der Waals surface area contributed by atoms with E-state index in [4.69, 9.17) is 10.7 Å². The van der Waals surface area contributed by atoms with Crippen LogP contribution in [0, 0.1) is 11.3 Å². The molecule has 0 aliphatic carbocycles. The van der Waals surface area contributed by atoms with Crippen LogP contribution in [0.5, 0.6) is 0 Å². The third-order valence-corrected chi connectivity index (χ3v) is 5.82. The maximum Gasteiger partial charge on any atom is 0.128 e. The maximum atomic E-state index is 9.56. The number of nitrogens with one attached hydrogen (secondary N) is 1. The molecule has 30 heavy (non-hydrogen) atoms. The average Bonchev–Trinajstić information content (AvgIpc) is 3.20. The Bertz CT molecular complexity index is 1180. The van der Waals surface area contributed by atoms with Crippen LogP contribution < -0.4 is 16.0 Å². The van der Waals surface area contributed by atoms with Crippen LogP contribution in [-0.2, 0) is 0 Å². The summed E-state index contributed by atoms with van der Waals surface area (Å²) in [5.74, 6) is 0.983. The Morgan fingerprint density at radius 2 is 2.13 bits per heavy atom. The molecule has 3 saturated heterocycles. The van der Waals surface area contributed by atoms with E-state index in [-0.39, 0.29) is 0 Å². The van der Waals surface area contributed by atoms with Crippen molar-refractivity contribution in [3.05, 3.63) is 54.1 Å². The van der Waals surface area contributed by atoms with Gasteiger partial charge >= 0.3 is 0 Å². The molecule has 6 heterocycles. The van der Waals surface area contributed by atoms with Crippen LogP contribution in [0.15, 0.2) is 48.0 Å². The zero-order chi connectivity index (χ0) is 20.7. The van der Waals surface area contributed by atoms with Crippen LogP contribution in [0.2, 0.25) is 0 Å². The SMILES string of the molecule is CN=CC(=CN)c1cc(-c2ccc(N3CC4CC(C3)N4)nc2)c2c(C#N)cnn2c1. The third kappa shape index (κ3) is 3.00. The van der Waals surface area contributed by atoms with Gasteiger partial charge in [-0.05, 0) is 24.6 Å². The van der Waals surface area contributed by atoms with Gasteiger partial charge in [-0.25, -0.2) is 9.50 Å². The molecule has 0 radical (unpaired) electrons. The standard InChI is InChI=1S/C22H22N8/c1-25-8-16(6-23)15-4-20(22-17(7-24)10-27-30(22)11-15)14-2-3-21(26-9-14)29-12-18-5-19(13-29)28-18/h2-4,6,8-11,18-19,28H,5,12-13,23H2,1H3. The molecule has 8 heteroatoms. The first-order valence-electron chi connectivity index (χ1n) is 9.93. The summed E-state index contributed by atoms with van der Waals surface area (Å²) < 4.78 is 1.72. The fraction of sp³-hybridized carbons (Fsp3) is 0.273. The molecule has 3 N–H and O–H groups in total. The quantitative estimate of drug-likeness (QED) is 0.649. The molecule has 0 spiro atoms. The molecule has 3 aliphatic rings. The first-order chi connectivity index (χ1) is 14.7. The number of piperazine rings is 1. The van der Waals surface area contributed by atoms with Gasteiger partial charge < -0.3 is 16.0 Å². The zero-order valence-corrected chi connectivity index (χ0v) is 16.7. The summed E-state index contributed by atoms with van der Waals surface area (Å²) in [5, 5.41) is 17.5. The molecule has 6 rings (SSSR count). The first kappa shape index (κ1) is 18.3. The van der Waals surface area contributed by atoms with Gasteiger partial charge in [0.05, 0.1) is 17.3 Å². The molecule has 2 bridgehead atoms. The summed E-state index contributed by atoms with van der Waals surface area (Å²) >= 11 is 0. The van der Waals surface area contributed by atoms with Gasteiger partial charge in [0.15, 0.2) is 0 Å². The summed E-state index contributed by atoms with van der Waals surface area (Å²) in [5.41, 5.74) is 10.5. The van der Waals surface area contributed by atoms with Crippen molar-refractivity contribution in [3.8, 4) is 17.2 Å². The van der Waals surface area contributed by atoms with E-state index in [0.29, 0.717) is 17.6 Å². The van der Waals surface area contributed by atoms with E-state index in [1.54, 1.807) is 24.0 Å². The normalized spacial score (nSPS) is 21.1. The number of nitrogens with two attached hydrogens (primary N) is 1. The fourth-order valence-corrected chi connectivity index (χ4v) is 4.37. The zero-order valence-electron chi connectivity index (χ0n) is 16.7. The number of hydrogen-bond acceptors (Lipinski definition) is 7. The lowest BCUT2D eigenvalue weighted by Crippen LogP contribution is -2.67. The molecule has 2 unspecified atom stereocenters. The van der Waals surface area contributed by atoms with Crippen LogP contribution in [0.1, 0.15) is 17.5 Å². The average molecular weight is 398 g/mol. The number of piperidine rings is 1. The van der Waals surface area contributed by atoms with Crippen molar-refractivity contribution >= 4 is 23.1 Å². The molecule has 0 amide bonds. The fourth-order valence-electron chi connectivity index (χ4n) is 4.37. The second kappa shape index (κ2) is 7.28. The minimum absolute atomic E-state index is 0.519. The monoisotopic (exact) mass is 398 g/mol. The third-order valence-electron chi connectivity index (χ3n) is 5.82. The number of anilines is 1. The Labute approximate surface area is 174 Å². The van der Waals surface area contributed by atoms with Gasteiger partial charge in [-0.15, -0.1) is 0 Å². The van der Waals surface area contributed by atoms with Gasteiger partial charge in [-0.1, -0.05) is 0 Å². The Morgan fingerprint density at radius 1 is 1.33 bits per heavy atom. The number of nitriles is 1. The molecule has 3 aromatic rings. The summed E-state index contributed by atoms with van der Waals surface area (Å²) in [4.78, 5) is 11.1. The Morgan fingerprint density at radius 3 is 2.77 bits per heavy atom. The molecule has 0 aromatic carbocycles. The van der Waals surface area contributed by atoms with E-state index in [0.717, 1.165) is 46.7 Å². The predicted molar refractivity (Wildman–Crippen MR) is 117 cm³/mol. The Balaban J connectivity index is 1.58. The van der Waals surface area contributed by atoms with Crippen LogP contribution in [-0.4, -0.2) is 53.0 Å². The maximum absolute atomic E-state index is 9.56. The highest BCUT2D eigenvalue weighted by Crippen LogP contribution is 2.31. The van der Waals surface area contributed by atoms with E-state index in [1.807, 2.05) is 18.5 Å². The first-order valence-corrected chi connectivity index (χ1v) is 9.93. The molecule has 8 nitrogen and oxygen atoms in total. The molecule has 3 aliphatic heterocycles. The Kier molecular flexibility index (Phi) is 4.45. The van der Waals surface area contributed by atoms with Gasteiger partial charge in [0.2, 0.25) is 0 Å². The highest BCUT2D eigenvalue weighted by molar-refractivity contribution is 6.10. The van der Waals surface area contributed by atoms with Crippen molar-refractivity contribution in [3.63, 3.8) is 0 Å². The van der Waals surface area contributed by atoms with Crippen molar-refractivity contribution in [2.75, 3.05) is 25.0 Å². The lowest BCUT2D eigenvalue weighted by Gasteiger charge is -2.48. The van der Waals surface area contributed by atoms with Gasteiger partial charge in [0.25, 0.3) is 0 Å². The van der Waals surface area contributed by atoms with Crippen molar-refractivity contribution in [2.24, 2.45) is 10.7 Å². The van der Waals surface area contributed by atoms with Crippen molar-refractivity contribution in [2.45, 2.75) is 18.5 Å². The number of pyridine rings is 2. The number of rotatable bonds is 4. The minimum Gasteiger partial charge on any atom is -0.404 e. The largest absolute Gasteiger partial charge is 0.404 e. The summed E-state index contributed by atoms with van der Waals surface area (Å²) in [6, 6.07) is 9.51. The predicted octanol–water partition coefficient (Wildman–Crippen LogP) is 1.82. The second-order valence-corrected chi connectivity index (χ2v) is 7.72. The van der Waals surface area contributed by atoms with Gasteiger partial charge in [-0.2, -0.15) is 10.4 Å². The van der Waals surface area contributed by atoms with E-state index in [9.17, 15) is 5.26 Å². The highest BCUT2D eigenvalue weighted by Gasteiger charge is 2.36. The number of allylic oxidation sites excluding steroid dienone is 1. The van der Waals surface area contributed by atoms with Crippen LogP contribution in [0.25, 0.3) is 22.2 Å². The molecular formula is C22H22N8.